The summed E-state index contributed by atoms with van der Waals surface area (Å²) in [6.07, 6.45) is 5.00. The summed E-state index contributed by atoms with van der Waals surface area (Å²) >= 11 is 0. The van der Waals surface area contributed by atoms with Crippen LogP contribution in [0.4, 0.5) is 0 Å². The number of carbonyl (C=O) groups excluding carboxylic acids is 1. The molecule has 3 rings (SSSR count). The molecule has 1 aromatic carbocycles. The second-order valence-electron chi connectivity index (χ2n) is 4.65. The number of ether oxygens (including phenoxy) is 2. The van der Waals surface area contributed by atoms with Crippen LogP contribution >= 0.6 is 0 Å². The van der Waals surface area contributed by atoms with Gasteiger partial charge in [0.2, 0.25) is 6.10 Å². The van der Waals surface area contributed by atoms with E-state index in [-0.39, 0.29) is 12.5 Å². The summed E-state index contributed by atoms with van der Waals surface area (Å²) in [5.41, 5.74) is 0.976. The zero-order valence-corrected chi connectivity index (χ0v) is 11.4. The predicted octanol–water partition coefficient (Wildman–Crippen LogP) is 0.975. The summed E-state index contributed by atoms with van der Waals surface area (Å²) in [5, 5.41) is 2.83. The van der Waals surface area contributed by atoms with Gasteiger partial charge in [-0.2, -0.15) is 0 Å². The number of rotatable bonds is 4. The van der Waals surface area contributed by atoms with E-state index in [4.69, 9.17) is 9.47 Å². The molecular formula is C15H15N3O3. The van der Waals surface area contributed by atoms with Gasteiger partial charge in [-0.15, -0.1) is 0 Å². The quantitative estimate of drug-likeness (QED) is 0.906. The highest BCUT2D eigenvalue weighted by Crippen LogP contribution is 2.30. The minimum atomic E-state index is -0.619. The normalized spacial score (nSPS) is 16.3. The number of para-hydroxylation sites is 2. The third kappa shape index (κ3) is 3.28. The SMILES string of the molecule is O=C(NCCc1cncnc1)[C@H]1COc2ccccc2O1. The van der Waals surface area contributed by atoms with Gasteiger partial charge in [-0.3, -0.25) is 4.79 Å². The molecular weight excluding hydrogens is 270 g/mol. The molecule has 6 nitrogen and oxygen atoms in total. The van der Waals surface area contributed by atoms with Crippen LogP contribution in [-0.4, -0.2) is 35.1 Å². The van der Waals surface area contributed by atoms with E-state index in [0.29, 0.717) is 24.5 Å². The van der Waals surface area contributed by atoms with Crippen molar-refractivity contribution in [3.8, 4) is 11.5 Å². The fourth-order valence-electron chi connectivity index (χ4n) is 2.05. The van der Waals surface area contributed by atoms with Gasteiger partial charge in [0.05, 0.1) is 0 Å². The van der Waals surface area contributed by atoms with Crippen LogP contribution in [0.15, 0.2) is 43.0 Å². The van der Waals surface area contributed by atoms with Gasteiger partial charge in [-0.05, 0) is 24.1 Å². The Morgan fingerprint density at radius 3 is 2.81 bits per heavy atom. The van der Waals surface area contributed by atoms with Crippen LogP contribution in [0.3, 0.4) is 0 Å². The van der Waals surface area contributed by atoms with Crippen LogP contribution < -0.4 is 14.8 Å². The number of hydrogen-bond acceptors (Lipinski definition) is 5. The number of benzene rings is 1. The highest BCUT2D eigenvalue weighted by molar-refractivity contribution is 5.81. The lowest BCUT2D eigenvalue weighted by Gasteiger charge is -2.25. The molecule has 1 aliphatic rings. The lowest BCUT2D eigenvalue weighted by atomic mass is 10.2. The Hall–Kier alpha value is -2.63. The topological polar surface area (TPSA) is 73.3 Å². The van der Waals surface area contributed by atoms with Crippen LogP contribution in [0.5, 0.6) is 11.5 Å². The van der Waals surface area contributed by atoms with E-state index >= 15 is 0 Å². The Kier molecular flexibility index (Phi) is 3.95. The third-order valence-electron chi connectivity index (χ3n) is 3.13. The monoisotopic (exact) mass is 285 g/mol. The number of amides is 1. The zero-order chi connectivity index (χ0) is 14.5. The van der Waals surface area contributed by atoms with E-state index in [0.717, 1.165) is 5.56 Å². The first-order valence-corrected chi connectivity index (χ1v) is 6.73. The molecule has 1 atom stereocenters. The molecule has 0 aliphatic carbocycles. The number of fused-ring (bicyclic) bond motifs is 1. The van der Waals surface area contributed by atoms with Gasteiger partial charge < -0.3 is 14.8 Å². The van der Waals surface area contributed by atoms with Crippen molar-refractivity contribution in [3.05, 3.63) is 48.5 Å². The fraction of sp³-hybridized carbons (Fsp3) is 0.267. The molecule has 0 fully saturated rings. The van der Waals surface area contributed by atoms with Crippen LogP contribution in [0.25, 0.3) is 0 Å². The van der Waals surface area contributed by atoms with Crippen LogP contribution in [-0.2, 0) is 11.2 Å². The van der Waals surface area contributed by atoms with E-state index in [2.05, 4.69) is 15.3 Å². The molecule has 2 aromatic rings. The van der Waals surface area contributed by atoms with E-state index in [9.17, 15) is 4.79 Å². The maximum atomic E-state index is 12.1. The summed E-state index contributed by atoms with van der Waals surface area (Å²) in [7, 11) is 0. The van der Waals surface area contributed by atoms with Crippen LogP contribution in [0.2, 0.25) is 0 Å². The summed E-state index contributed by atoms with van der Waals surface area (Å²) < 4.78 is 11.2. The fourth-order valence-corrected chi connectivity index (χ4v) is 2.05. The number of hydrogen-bond donors (Lipinski definition) is 1. The summed E-state index contributed by atoms with van der Waals surface area (Å²) in [6.45, 7) is 0.727. The van der Waals surface area contributed by atoms with Crippen molar-refractivity contribution >= 4 is 5.91 Å². The molecule has 1 aromatic heterocycles. The molecule has 6 heteroatoms. The number of aromatic nitrogens is 2. The van der Waals surface area contributed by atoms with Gasteiger partial charge in [0.1, 0.15) is 12.9 Å². The van der Waals surface area contributed by atoms with Crippen molar-refractivity contribution < 1.29 is 14.3 Å². The first-order valence-electron chi connectivity index (χ1n) is 6.73. The maximum Gasteiger partial charge on any atom is 0.264 e. The van der Waals surface area contributed by atoms with Gasteiger partial charge in [0.25, 0.3) is 5.91 Å². The third-order valence-corrected chi connectivity index (χ3v) is 3.13. The Morgan fingerprint density at radius 1 is 1.24 bits per heavy atom. The second-order valence-corrected chi connectivity index (χ2v) is 4.65. The number of nitrogens with one attached hydrogen (secondary N) is 1. The first kappa shape index (κ1) is 13.4. The van der Waals surface area contributed by atoms with Gasteiger partial charge >= 0.3 is 0 Å². The molecule has 0 saturated carbocycles. The molecule has 2 heterocycles. The highest BCUT2D eigenvalue weighted by Gasteiger charge is 2.26. The molecule has 21 heavy (non-hydrogen) atoms. The lowest BCUT2D eigenvalue weighted by molar-refractivity contribution is -0.130. The highest BCUT2D eigenvalue weighted by atomic mass is 16.6. The molecule has 108 valence electrons. The predicted molar refractivity (Wildman–Crippen MR) is 75.1 cm³/mol. The van der Waals surface area contributed by atoms with E-state index in [1.165, 1.54) is 6.33 Å². The molecule has 1 aliphatic heterocycles. The standard InChI is InChI=1S/C15H15N3O3/c19-15(18-6-5-11-7-16-10-17-8-11)14-9-20-12-3-1-2-4-13(12)21-14/h1-4,7-8,10,14H,5-6,9H2,(H,18,19)/t14-/m1/s1. The molecule has 1 amide bonds. The smallest absolute Gasteiger partial charge is 0.264 e. The lowest BCUT2D eigenvalue weighted by Crippen LogP contribution is -2.44. The summed E-state index contributed by atoms with van der Waals surface area (Å²) in [5.74, 6) is 1.09. The average Bonchev–Trinajstić information content (AvgIpc) is 2.55. The molecule has 0 radical (unpaired) electrons. The maximum absolute atomic E-state index is 12.1. The molecule has 1 N–H and O–H groups in total. The molecule has 0 spiro atoms. The number of nitrogens with zero attached hydrogens (tertiary/aromatic N) is 2. The van der Waals surface area contributed by atoms with E-state index in [1.807, 2.05) is 18.2 Å². The van der Waals surface area contributed by atoms with E-state index in [1.54, 1.807) is 18.5 Å². The Bertz CT molecular complexity index is 619. The van der Waals surface area contributed by atoms with Crippen molar-refractivity contribution in [3.63, 3.8) is 0 Å². The minimum absolute atomic E-state index is 0.179. The molecule has 0 bridgehead atoms. The molecule has 0 unspecified atom stereocenters. The van der Waals surface area contributed by atoms with Crippen molar-refractivity contribution in [1.82, 2.24) is 15.3 Å². The van der Waals surface area contributed by atoms with Gasteiger partial charge in [0.15, 0.2) is 11.5 Å². The van der Waals surface area contributed by atoms with Gasteiger partial charge in [0, 0.05) is 18.9 Å². The Labute approximate surface area is 122 Å². The molecule has 0 saturated heterocycles. The second kappa shape index (κ2) is 6.21. The van der Waals surface area contributed by atoms with Crippen molar-refractivity contribution in [2.75, 3.05) is 13.2 Å². The summed E-state index contributed by atoms with van der Waals surface area (Å²) in [4.78, 5) is 19.9. The zero-order valence-electron chi connectivity index (χ0n) is 11.4. The summed E-state index contributed by atoms with van der Waals surface area (Å²) in [6, 6.07) is 7.32. The van der Waals surface area contributed by atoms with Crippen molar-refractivity contribution in [1.29, 1.82) is 0 Å². The van der Waals surface area contributed by atoms with Gasteiger partial charge in [-0.25, -0.2) is 9.97 Å². The Morgan fingerprint density at radius 2 is 2.00 bits per heavy atom. The van der Waals surface area contributed by atoms with Crippen LogP contribution in [0.1, 0.15) is 5.56 Å². The first-order chi connectivity index (χ1) is 10.3. The average molecular weight is 285 g/mol. The largest absolute Gasteiger partial charge is 0.485 e. The van der Waals surface area contributed by atoms with Crippen LogP contribution in [0, 0.1) is 0 Å². The van der Waals surface area contributed by atoms with Crippen molar-refractivity contribution in [2.24, 2.45) is 0 Å². The van der Waals surface area contributed by atoms with E-state index < -0.39 is 6.10 Å². The van der Waals surface area contributed by atoms with Crippen molar-refractivity contribution in [2.45, 2.75) is 12.5 Å². The van der Waals surface area contributed by atoms with Gasteiger partial charge in [-0.1, -0.05) is 12.1 Å². The Balaban J connectivity index is 1.50. The number of carbonyl (C=O) groups is 1. The minimum Gasteiger partial charge on any atom is -0.485 e.